The number of halogens is 1. The minimum Gasteiger partial charge on any atom is -0.350 e. The summed E-state index contributed by atoms with van der Waals surface area (Å²) in [6, 6.07) is 27.1. The Labute approximate surface area is 191 Å². The van der Waals surface area contributed by atoms with Gasteiger partial charge >= 0.3 is 0 Å². The van der Waals surface area contributed by atoms with Crippen molar-refractivity contribution in [3.63, 3.8) is 0 Å². The average Bonchev–Trinajstić information content (AvgIpc) is 3.25. The molecule has 3 aromatic carbocycles. The fourth-order valence-corrected chi connectivity index (χ4v) is 3.15. The molecule has 4 aromatic rings. The second kappa shape index (κ2) is 10.4. The second-order valence-corrected chi connectivity index (χ2v) is 7.51. The van der Waals surface area contributed by atoms with Crippen LogP contribution in [0.25, 0.3) is 6.08 Å². The molecule has 7 heteroatoms. The molecule has 0 saturated heterocycles. The molecule has 32 heavy (non-hydrogen) atoms. The normalized spacial score (nSPS) is 10.9. The van der Waals surface area contributed by atoms with E-state index >= 15 is 0 Å². The SMILES string of the molecule is O=C(C=Cc1ccc(Cl)cc1)n1nc(NCc2ccccc2)nc1NCc1ccccc1. The van der Waals surface area contributed by atoms with Crippen LogP contribution in [0.4, 0.5) is 11.9 Å². The van der Waals surface area contributed by atoms with Gasteiger partial charge in [0.25, 0.3) is 5.91 Å². The molecule has 0 radical (unpaired) electrons. The Hall–Kier alpha value is -3.90. The predicted molar refractivity (Wildman–Crippen MR) is 129 cm³/mol. The molecule has 0 fully saturated rings. The highest BCUT2D eigenvalue weighted by Gasteiger charge is 2.14. The first-order valence-electron chi connectivity index (χ1n) is 10.2. The molecule has 0 spiro atoms. The highest BCUT2D eigenvalue weighted by molar-refractivity contribution is 6.30. The van der Waals surface area contributed by atoms with Crippen molar-refractivity contribution in [2.45, 2.75) is 13.1 Å². The number of rotatable bonds is 8. The zero-order valence-electron chi connectivity index (χ0n) is 17.3. The number of allylic oxidation sites excluding steroid dienone is 1. The molecule has 4 rings (SSSR count). The van der Waals surface area contributed by atoms with Crippen molar-refractivity contribution in [3.05, 3.63) is 113 Å². The van der Waals surface area contributed by atoms with Crippen LogP contribution < -0.4 is 10.6 Å². The van der Waals surface area contributed by atoms with Crippen LogP contribution in [0.3, 0.4) is 0 Å². The Kier molecular flexibility index (Phi) is 6.94. The van der Waals surface area contributed by atoms with Crippen LogP contribution in [0.2, 0.25) is 5.02 Å². The minimum absolute atomic E-state index is 0.309. The number of anilines is 2. The lowest BCUT2D eigenvalue weighted by Gasteiger charge is -2.05. The first-order chi connectivity index (χ1) is 15.7. The Morgan fingerprint density at radius 2 is 1.44 bits per heavy atom. The number of benzene rings is 3. The minimum atomic E-state index is -0.309. The van der Waals surface area contributed by atoms with Crippen LogP contribution in [0, 0.1) is 0 Å². The molecule has 1 heterocycles. The molecule has 6 nitrogen and oxygen atoms in total. The molecule has 0 aliphatic heterocycles. The van der Waals surface area contributed by atoms with Gasteiger partial charge in [0.05, 0.1) is 0 Å². The largest absolute Gasteiger partial charge is 0.350 e. The summed E-state index contributed by atoms with van der Waals surface area (Å²) < 4.78 is 1.27. The monoisotopic (exact) mass is 443 g/mol. The molecule has 2 N–H and O–H groups in total. The van der Waals surface area contributed by atoms with Gasteiger partial charge in [-0.05, 0) is 34.9 Å². The van der Waals surface area contributed by atoms with Crippen molar-refractivity contribution in [1.82, 2.24) is 14.8 Å². The fraction of sp³-hybridized carbons (Fsp3) is 0.0800. The molecule has 0 amide bonds. The summed E-state index contributed by atoms with van der Waals surface area (Å²) in [7, 11) is 0. The van der Waals surface area contributed by atoms with E-state index in [1.807, 2.05) is 72.8 Å². The molecule has 0 aliphatic carbocycles. The summed E-state index contributed by atoms with van der Waals surface area (Å²) in [4.78, 5) is 17.4. The Morgan fingerprint density at radius 3 is 2.06 bits per heavy atom. The van der Waals surface area contributed by atoms with Gasteiger partial charge in [-0.1, -0.05) is 84.4 Å². The Bertz CT molecular complexity index is 1190. The van der Waals surface area contributed by atoms with Gasteiger partial charge in [-0.3, -0.25) is 4.79 Å². The van der Waals surface area contributed by atoms with Gasteiger partial charge in [0, 0.05) is 24.2 Å². The van der Waals surface area contributed by atoms with E-state index < -0.39 is 0 Å². The smallest absolute Gasteiger partial charge is 0.274 e. The lowest BCUT2D eigenvalue weighted by molar-refractivity contribution is 0.0957. The molecule has 0 aliphatic rings. The van der Waals surface area contributed by atoms with E-state index in [1.54, 1.807) is 18.2 Å². The van der Waals surface area contributed by atoms with E-state index in [0.717, 1.165) is 16.7 Å². The zero-order valence-corrected chi connectivity index (χ0v) is 18.0. The molecule has 0 saturated carbocycles. The number of carbonyl (C=O) groups is 1. The molecule has 0 bridgehead atoms. The molecular formula is C25H22ClN5O. The zero-order chi connectivity index (χ0) is 22.2. The number of hydrogen-bond donors (Lipinski definition) is 2. The van der Waals surface area contributed by atoms with Gasteiger partial charge in [0.1, 0.15) is 0 Å². The van der Waals surface area contributed by atoms with Crippen molar-refractivity contribution in [2.24, 2.45) is 0 Å². The number of hydrogen-bond acceptors (Lipinski definition) is 5. The first-order valence-corrected chi connectivity index (χ1v) is 10.6. The maximum absolute atomic E-state index is 12.9. The van der Waals surface area contributed by atoms with E-state index in [4.69, 9.17) is 11.6 Å². The fourth-order valence-electron chi connectivity index (χ4n) is 3.02. The standard InChI is InChI=1S/C25H22ClN5O/c26-22-14-11-19(12-15-22)13-16-23(32)31-25(28-18-21-9-5-2-6-10-21)29-24(30-31)27-17-20-7-3-1-4-8-20/h1-16H,17-18H2,(H2,27,28,29,30). The maximum atomic E-state index is 12.9. The van der Waals surface area contributed by atoms with Gasteiger partial charge in [-0.15, -0.1) is 5.10 Å². The second-order valence-electron chi connectivity index (χ2n) is 7.07. The third kappa shape index (κ3) is 5.83. The average molecular weight is 444 g/mol. The van der Waals surface area contributed by atoms with Crippen molar-refractivity contribution in [1.29, 1.82) is 0 Å². The summed E-state index contributed by atoms with van der Waals surface area (Å²) in [5.74, 6) is 0.434. The molecular weight excluding hydrogens is 422 g/mol. The van der Waals surface area contributed by atoms with Crippen LogP contribution in [-0.4, -0.2) is 20.7 Å². The molecule has 0 unspecified atom stereocenters. The number of nitrogens with one attached hydrogen (secondary N) is 2. The van der Waals surface area contributed by atoms with Crippen molar-refractivity contribution >= 4 is 35.5 Å². The summed E-state index contributed by atoms with van der Waals surface area (Å²) in [5, 5.41) is 11.4. The predicted octanol–water partition coefficient (Wildman–Crippen LogP) is 5.51. The van der Waals surface area contributed by atoms with E-state index in [0.29, 0.717) is 30.0 Å². The van der Waals surface area contributed by atoms with E-state index in [-0.39, 0.29) is 5.91 Å². The summed E-state index contributed by atoms with van der Waals surface area (Å²) in [5.41, 5.74) is 3.03. The third-order valence-corrected chi connectivity index (χ3v) is 4.94. The quantitative estimate of drug-likeness (QED) is 0.351. The van der Waals surface area contributed by atoms with Crippen LogP contribution in [0.5, 0.6) is 0 Å². The summed E-state index contributed by atoms with van der Waals surface area (Å²) >= 11 is 5.92. The van der Waals surface area contributed by atoms with Crippen LogP contribution in [-0.2, 0) is 13.1 Å². The number of carbonyl (C=O) groups excluding carboxylic acids is 1. The highest BCUT2D eigenvalue weighted by atomic mass is 35.5. The highest BCUT2D eigenvalue weighted by Crippen LogP contribution is 2.14. The van der Waals surface area contributed by atoms with Gasteiger partial charge in [-0.25, -0.2) is 0 Å². The van der Waals surface area contributed by atoms with Crippen LogP contribution >= 0.6 is 11.6 Å². The third-order valence-electron chi connectivity index (χ3n) is 4.69. The topological polar surface area (TPSA) is 71.8 Å². The van der Waals surface area contributed by atoms with Crippen molar-refractivity contribution < 1.29 is 4.79 Å². The van der Waals surface area contributed by atoms with E-state index in [9.17, 15) is 4.79 Å². The maximum Gasteiger partial charge on any atom is 0.274 e. The van der Waals surface area contributed by atoms with E-state index in [2.05, 4.69) is 20.7 Å². The summed E-state index contributed by atoms with van der Waals surface area (Å²) in [6.45, 7) is 1.07. The van der Waals surface area contributed by atoms with Crippen LogP contribution in [0.15, 0.2) is 91.0 Å². The van der Waals surface area contributed by atoms with E-state index in [1.165, 1.54) is 10.8 Å². The Morgan fingerprint density at radius 1 is 0.844 bits per heavy atom. The van der Waals surface area contributed by atoms with Crippen molar-refractivity contribution in [3.8, 4) is 0 Å². The van der Waals surface area contributed by atoms with Gasteiger partial charge < -0.3 is 10.6 Å². The van der Waals surface area contributed by atoms with Crippen molar-refractivity contribution in [2.75, 3.05) is 10.6 Å². The van der Waals surface area contributed by atoms with Gasteiger partial charge in [0.2, 0.25) is 11.9 Å². The number of aromatic nitrogens is 3. The Balaban J connectivity index is 1.52. The molecule has 160 valence electrons. The van der Waals surface area contributed by atoms with Gasteiger partial charge in [-0.2, -0.15) is 9.67 Å². The van der Waals surface area contributed by atoms with Gasteiger partial charge in [0.15, 0.2) is 0 Å². The lowest BCUT2D eigenvalue weighted by atomic mass is 10.2. The van der Waals surface area contributed by atoms with Crippen LogP contribution in [0.1, 0.15) is 21.5 Å². The summed E-state index contributed by atoms with van der Waals surface area (Å²) in [6.07, 6.45) is 3.19. The molecule has 0 atom stereocenters. The lowest BCUT2D eigenvalue weighted by Crippen LogP contribution is -2.14. The molecule has 1 aromatic heterocycles. The number of nitrogens with zero attached hydrogens (tertiary/aromatic N) is 3. The first kappa shape index (κ1) is 21.3.